The molecule has 0 amide bonds. The number of hydrogen-bond donors (Lipinski definition) is 2. The third-order valence-corrected chi connectivity index (χ3v) is 2.40. The summed E-state index contributed by atoms with van der Waals surface area (Å²) in [4.78, 5) is 0. The molecule has 0 unspecified atom stereocenters. The molecule has 0 saturated carbocycles. The number of nitrogens with one attached hydrogen (secondary N) is 1. The quantitative estimate of drug-likeness (QED) is 0.695. The van der Waals surface area contributed by atoms with Crippen LogP contribution in [0, 0.1) is 0 Å². The number of anilines is 1. The van der Waals surface area contributed by atoms with Gasteiger partial charge in [0.15, 0.2) is 0 Å². The summed E-state index contributed by atoms with van der Waals surface area (Å²) in [7, 11) is 0. The highest BCUT2D eigenvalue weighted by Gasteiger charge is 2.13. The summed E-state index contributed by atoms with van der Waals surface area (Å²) in [6.07, 6.45) is 1.06. The Labute approximate surface area is 76.7 Å². The van der Waals surface area contributed by atoms with Crippen LogP contribution in [0.2, 0.25) is 5.02 Å². The predicted octanol–water partition coefficient (Wildman–Crippen LogP) is 1.77. The molecule has 1 aliphatic rings. The van der Waals surface area contributed by atoms with Crippen LogP contribution in [0.25, 0.3) is 0 Å². The number of hydrogen-bond acceptors (Lipinski definition) is 2. The zero-order valence-corrected chi connectivity index (χ0v) is 7.49. The molecular formula is C9H11ClN2. The van der Waals surface area contributed by atoms with Gasteiger partial charge in [0.1, 0.15) is 0 Å². The van der Waals surface area contributed by atoms with Crippen molar-refractivity contribution in [3.63, 3.8) is 0 Å². The van der Waals surface area contributed by atoms with Crippen molar-refractivity contribution in [1.29, 1.82) is 0 Å². The molecule has 1 aromatic carbocycles. The van der Waals surface area contributed by atoms with E-state index in [-0.39, 0.29) is 0 Å². The van der Waals surface area contributed by atoms with Crippen molar-refractivity contribution in [1.82, 2.24) is 0 Å². The van der Waals surface area contributed by atoms with Crippen LogP contribution in [0.15, 0.2) is 12.1 Å². The Morgan fingerprint density at radius 3 is 3.08 bits per heavy atom. The topological polar surface area (TPSA) is 38.0 Å². The van der Waals surface area contributed by atoms with Crippen LogP contribution in [-0.2, 0) is 13.0 Å². The third kappa shape index (κ3) is 1.17. The predicted molar refractivity (Wildman–Crippen MR) is 51.5 cm³/mol. The van der Waals surface area contributed by atoms with Crippen LogP contribution in [0.4, 0.5) is 5.69 Å². The molecule has 2 rings (SSSR count). The Hall–Kier alpha value is -0.730. The highest BCUT2D eigenvalue weighted by Crippen LogP contribution is 2.29. The molecule has 0 aliphatic carbocycles. The van der Waals surface area contributed by atoms with E-state index in [0.717, 1.165) is 23.6 Å². The Balaban J connectivity index is 2.55. The van der Waals surface area contributed by atoms with Gasteiger partial charge in [0.25, 0.3) is 0 Å². The lowest BCUT2D eigenvalue weighted by Gasteiger charge is -2.06. The third-order valence-electron chi connectivity index (χ3n) is 2.18. The summed E-state index contributed by atoms with van der Waals surface area (Å²) in [6, 6.07) is 3.94. The van der Waals surface area contributed by atoms with Gasteiger partial charge in [-0.1, -0.05) is 11.6 Å². The minimum Gasteiger partial charge on any atom is -0.384 e. The van der Waals surface area contributed by atoms with E-state index in [1.807, 2.05) is 12.1 Å². The molecule has 0 spiro atoms. The number of rotatable bonds is 1. The second-order valence-corrected chi connectivity index (χ2v) is 3.42. The van der Waals surface area contributed by atoms with E-state index in [4.69, 9.17) is 17.3 Å². The van der Waals surface area contributed by atoms with Gasteiger partial charge in [0.2, 0.25) is 0 Å². The lowest BCUT2D eigenvalue weighted by atomic mass is 10.1. The minimum absolute atomic E-state index is 0.551. The SMILES string of the molecule is NCc1cc(Cl)cc2c1NCC2. The number of halogens is 1. The van der Waals surface area contributed by atoms with Crippen molar-refractivity contribution in [3.05, 3.63) is 28.3 Å². The lowest BCUT2D eigenvalue weighted by Crippen LogP contribution is -2.01. The normalized spacial score (nSPS) is 14.2. The lowest BCUT2D eigenvalue weighted by molar-refractivity contribution is 1.07. The Bertz CT molecular complexity index is 310. The molecule has 0 bridgehead atoms. The summed E-state index contributed by atoms with van der Waals surface area (Å²) >= 11 is 5.92. The van der Waals surface area contributed by atoms with E-state index in [9.17, 15) is 0 Å². The first-order valence-corrected chi connectivity index (χ1v) is 4.44. The second kappa shape index (κ2) is 2.96. The van der Waals surface area contributed by atoms with E-state index in [1.165, 1.54) is 11.3 Å². The molecule has 0 fully saturated rings. The van der Waals surface area contributed by atoms with Gasteiger partial charge in [0, 0.05) is 23.8 Å². The maximum atomic E-state index is 5.92. The fraction of sp³-hybridized carbons (Fsp3) is 0.333. The van der Waals surface area contributed by atoms with Crippen molar-refractivity contribution in [2.45, 2.75) is 13.0 Å². The molecule has 0 radical (unpaired) electrons. The first-order chi connectivity index (χ1) is 5.81. The van der Waals surface area contributed by atoms with Gasteiger partial charge in [-0.15, -0.1) is 0 Å². The van der Waals surface area contributed by atoms with Gasteiger partial charge in [0.05, 0.1) is 0 Å². The zero-order valence-electron chi connectivity index (χ0n) is 6.73. The first-order valence-electron chi connectivity index (χ1n) is 4.06. The molecule has 1 aromatic rings. The molecule has 1 heterocycles. The molecule has 0 atom stereocenters. The number of nitrogens with two attached hydrogens (primary N) is 1. The highest BCUT2D eigenvalue weighted by atomic mass is 35.5. The van der Waals surface area contributed by atoms with Crippen molar-refractivity contribution in [2.24, 2.45) is 5.73 Å². The highest BCUT2D eigenvalue weighted by molar-refractivity contribution is 6.30. The van der Waals surface area contributed by atoms with Crippen LogP contribution in [0.1, 0.15) is 11.1 Å². The summed E-state index contributed by atoms with van der Waals surface area (Å²) in [5.74, 6) is 0. The van der Waals surface area contributed by atoms with Crippen molar-refractivity contribution in [3.8, 4) is 0 Å². The Morgan fingerprint density at radius 2 is 2.33 bits per heavy atom. The van der Waals surface area contributed by atoms with Crippen molar-refractivity contribution in [2.75, 3.05) is 11.9 Å². The van der Waals surface area contributed by atoms with Gasteiger partial charge < -0.3 is 11.1 Å². The van der Waals surface area contributed by atoms with Gasteiger partial charge in [-0.3, -0.25) is 0 Å². The van der Waals surface area contributed by atoms with Gasteiger partial charge >= 0.3 is 0 Å². The first kappa shape index (κ1) is 7.90. The van der Waals surface area contributed by atoms with E-state index >= 15 is 0 Å². The molecule has 64 valence electrons. The fourth-order valence-corrected chi connectivity index (χ4v) is 1.90. The molecule has 0 aromatic heterocycles. The van der Waals surface area contributed by atoms with Gasteiger partial charge in [-0.25, -0.2) is 0 Å². The maximum absolute atomic E-state index is 5.92. The van der Waals surface area contributed by atoms with Crippen LogP contribution >= 0.6 is 11.6 Å². The van der Waals surface area contributed by atoms with Crippen LogP contribution < -0.4 is 11.1 Å². The van der Waals surface area contributed by atoms with E-state index in [1.54, 1.807) is 0 Å². The van der Waals surface area contributed by atoms with Crippen molar-refractivity contribution >= 4 is 17.3 Å². The second-order valence-electron chi connectivity index (χ2n) is 2.98. The minimum atomic E-state index is 0.551. The maximum Gasteiger partial charge on any atom is 0.0420 e. The van der Waals surface area contributed by atoms with Gasteiger partial charge in [-0.2, -0.15) is 0 Å². The Morgan fingerprint density at radius 1 is 1.50 bits per heavy atom. The van der Waals surface area contributed by atoms with Crippen LogP contribution in [0.3, 0.4) is 0 Å². The molecule has 1 aliphatic heterocycles. The average Bonchev–Trinajstić information content (AvgIpc) is 2.50. The van der Waals surface area contributed by atoms with E-state index in [2.05, 4.69) is 5.32 Å². The number of benzene rings is 1. The number of fused-ring (bicyclic) bond motifs is 1. The summed E-state index contributed by atoms with van der Waals surface area (Å²) in [5, 5.41) is 4.10. The standard InChI is InChI=1S/C9H11ClN2/c10-8-3-6-1-2-12-9(6)7(4-8)5-11/h3-4,12H,1-2,5,11H2. The van der Waals surface area contributed by atoms with E-state index in [0.29, 0.717) is 6.54 Å². The largest absolute Gasteiger partial charge is 0.384 e. The molecule has 3 heteroatoms. The molecule has 0 saturated heterocycles. The van der Waals surface area contributed by atoms with E-state index < -0.39 is 0 Å². The summed E-state index contributed by atoms with van der Waals surface area (Å²) in [5.41, 5.74) is 9.20. The molecular weight excluding hydrogens is 172 g/mol. The molecule has 3 N–H and O–H groups in total. The fourth-order valence-electron chi connectivity index (χ4n) is 1.63. The summed E-state index contributed by atoms with van der Waals surface area (Å²) < 4.78 is 0. The van der Waals surface area contributed by atoms with Crippen LogP contribution in [-0.4, -0.2) is 6.54 Å². The average molecular weight is 183 g/mol. The smallest absolute Gasteiger partial charge is 0.0420 e. The van der Waals surface area contributed by atoms with Gasteiger partial charge in [-0.05, 0) is 29.7 Å². The molecule has 2 nitrogen and oxygen atoms in total. The summed E-state index contributed by atoms with van der Waals surface area (Å²) in [6.45, 7) is 1.55. The molecule has 12 heavy (non-hydrogen) atoms. The monoisotopic (exact) mass is 182 g/mol. The van der Waals surface area contributed by atoms with Crippen LogP contribution in [0.5, 0.6) is 0 Å². The zero-order chi connectivity index (χ0) is 8.55. The Kier molecular flexibility index (Phi) is 1.95. The van der Waals surface area contributed by atoms with Crippen molar-refractivity contribution < 1.29 is 0 Å².